The molecule has 0 saturated carbocycles. The molecule has 2 amide bonds. The van der Waals surface area contributed by atoms with Crippen LogP contribution in [0.4, 0.5) is 10.5 Å². The molecule has 130 valence electrons. The van der Waals surface area contributed by atoms with Crippen molar-refractivity contribution in [3.05, 3.63) is 41.5 Å². The van der Waals surface area contributed by atoms with Gasteiger partial charge in [-0.15, -0.1) is 0 Å². The number of carbonyl (C=O) groups is 1. The summed E-state index contributed by atoms with van der Waals surface area (Å²) in [6, 6.07) is 7.35. The monoisotopic (exact) mass is 331 g/mol. The van der Waals surface area contributed by atoms with Crippen molar-refractivity contribution in [2.24, 2.45) is 0 Å². The number of hydrogen-bond acceptors (Lipinski definition) is 4. The standard InChI is InChI=1S/C17H25N5O2/c1-4-16(23)8-9-18-17(24)20-15-7-5-6-14(10-15)11-22-13(3)19-12(2)21-22/h5-7,10,16,23H,4,8-9,11H2,1-3H3,(H2,18,20,24). The van der Waals surface area contributed by atoms with Crippen LogP contribution in [0.5, 0.6) is 0 Å². The Bertz CT molecular complexity index is 683. The van der Waals surface area contributed by atoms with Gasteiger partial charge in [0.1, 0.15) is 11.6 Å². The molecule has 0 aliphatic heterocycles. The van der Waals surface area contributed by atoms with Gasteiger partial charge in [-0.3, -0.25) is 0 Å². The molecule has 0 aliphatic carbocycles. The lowest BCUT2D eigenvalue weighted by atomic mass is 10.2. The second-order valence-electron chi connectivity index (χ2n) is 5.80. The zero-order chi connectivity index (χ0) is 17.5. The first-order valence-corrected chi connectivity index (χ1v) is 8.18. The third kappa shape index (κ3) is 5.34. The normalized spacial score (nSPS) is 12.0. The Balaban J connectivity index is 1.90. The highest BCUT2D eigenvalue weighted by molar-refractivity contribution is 5.89. The van der Waals surface area contributed by atoms with Crippen molar-refractivity contribution in [3.63, 3.8) is 0 Å². The maximum absolute atomic E-state index is 11.9. The Hall–Kier alpha value is -2.41. The van der Waals surface area contributed by atoms with Crippen LogP contribution in [0.25, 0.3) is 0 Å². The van der Waals surface area contributed by atoms with Crippen molar-refractivity contribution in [1.29, 1.82) is 0 Å². The summed E-state index contributed by atoms with van der Waals surface area (Å²) in [5.41, 5.74) is 1.75. The number of aromatic nitrogens is 3. The summed E-state index contributed by atoms with van der Waals surface area (Å²) in [6.07, 6.45) is 0.865. The summed E-state index contributed by atoms with van der Waals surface area (Å²) < 4.78 is 1.83. The summed E-state index contributed by atoms with van der Waals surface area (Å²) in [5.74, 6) is 1.61. The van der Waals surface area contributed by atoms with Crippen LogP contribution < -0.4 is 10.6 Å². The lowest BCUT2D eigenvalue weighted by molar-refractivity contribution is 0.160. The van der Waals surface area contributed by atoms with Gasteiger partial charge in [0.15, 0.2) is 0 Å². The van der Waals surface area contributed by atoms with Crippen molar-refractivity contribution in [1.82, 2.24) is 20.1 Å². The molecule has 0 aliphatic rings. The maximum Gasteiger partial charge on any atom is 0.319 e. The molecule has 0 spiro atoms. The molecule has 0 fully saturated rings. The molecule has 0 bridgehead atoms. The van der Waals surface area contributed by atoms with Crippen LogP contribution in [0.2, 0.25) is 0 Å². The van der Waals surface area contributed by atoms with Gasteiger partial charge in [-0.2, -0.15) is 5.10 Å². The van der Waals surface area contributed by atoms with Gasteiger partial charge < -0.3 is 15.7 Å². The first-order valence-electron chi connectivity index (χ1n) is 8.18. The highest BCUT2D eigenvalue weighted by Crippen LogP contribution is 2.12. The fourth-order valence-corrected chi connectivity index (χ4v) is 2.36. The fraction of sp³-hybridized carbons (Fsp3) is 0.471. The third-order valence-corrected chi connectivity index (χ3v) is 3.71. The van der Waals surface area contributed by atoms with E-state index in [0.29, 0.717) is 25.9 Å². The van der Waals surface area contributed by atoms with Gasteiger partial charge in [-0.25, -0.2) is 14.5 Å². The number of anilines is 1. The summed E-state index contributed by atoms with van der Waals surface area (Å²) in [6.45, 7) is 6.74. The average molecular weight is 331 g/mol. The van der Waals surface area contributed by atoms with E-state index in [1.54, 1.807) is 0 Å². The molecule has 1 aromatic heterocycles. The maximum atomic E-state index is 11.9. The third-order valence-electron chi connectivity index (χ3n) is 3.71. The number of aliphatic hydroxyl groups excluding tert-OH is 1. The summed E-state index contributed by atoms with van der Waals surface area (Å²) in [5, 5.41) is 19.4. The van der Waals surface area contributed by atoms with Gasteiger partial charge in [0.05, 0.1) is 12.6 Å². The van der Waals surface area contributed by atoms with Gasteiger partial charge in [-0.1, -0.05) is 19.1 Å². The van der Waals surface area contributed by atoms with Crippen LogP contribution in [0.3, 0.4) is 0 Å². The second-order valence-corrected chi connectivity index (χ2v) is 5.80. The van der Waals surface area contributed by atoms with Crippen LogP contribution in [-0.2, 0) is 6.54 Å². The minimum Gasteiger partial charge on any atom is -0.393 e. The molecule has 1 unspecified atom stereocenters. The lowest BCUT2D eigenvalue weighted by Crippen LogP contribution is -2.31. The van der Waals surface area contributed by atoms with Crippen molar-refractivity contribution in [2.75, 3.05) is 11.9 Å². The molecule has 24 heavy (non-hydrogen) atoms. The van der Waals surface area contributed by atoms with Crippen LogP contribution in [0, 0.1) is 13.8 Å². The molecular formula is C17H25N5O2. The zero-order valence-corrected chi connectivity index (χ0v) is 14.4. The predicted molar refractivity (Wildman–Crippen MR) is 93.0 cm³/mol. The van der Waals surface area contributed by atoms with E-state index in [1.807, 2.05) is 49.7 Å². The van der Waals surface area contributed by atoms with Crippen molar-refractivity contribution >= 4 is 11.7 Å². The smallest absolute Gasteiger partial charge is 0.319 e. The Kier molecular flexibility index (Phi) is 6.31. The van der Waals surface area contributed by atoms with E-state index >= 15 is 0 Å². The van der Waals surface area contributed by atoms with Crippen molar-refractivity contribution in [3.8, 4) is 0 Å². The van der Waals surface area contributed by atoms with E-state index in [1.165, 1.54) is 0 Å². The number of carbonyl (C=O) groups excluding carboxylic acids is 1. The summed E-state index contributed by atoms with van der Waals surface area (Å²) in [7, 11) is 0. The average Bonchev–Trinajstić information content (AvgIpc) is 2.85. The summed E-state index contributed by atoms with van der Waals surface area (Å²) >= 11 is 0. The molecule has 0 radical (unpaired) electrons. The molecule has 7 nitrogen and oxygen atoms in total. The second kappa shape index (κ2) is 8.44. The van der Waals surface area contributed by atoms with Gasteiger partial charge in [0.25, 0.3) is 0 Å². The van der Waals surface area contributed by atoms with E-state index in [9.17, 15) is 9.90 Å². The first-order chi connectivity index (χ1) is 11.5. The molecule has 0 saturated heterocycles. The van der Waals surface area contributed by atoms with Gasteiger partial charge >= 0.3 is 6.03 Å². The highest BCUT2D eigenvalue weighted by Gasteiger charge is 2.06. The first kappa shape index (κ1) is 17.9. The quantitative estimate of drug-likeness (QED) is 0.725. The van der Waals surface area contributed by atoms with E-state index in [0.717, 1.165) is 22.9 Å². The Morgan fingerprint density at radius 3 is 2.83 bits per heavy atom. The van der Waals surface area contributed by atoms with Gasteiger partial charge in [-0.05, 0) is 44.4 Å². The largest absolute Gasteiger partial charge is 0.393 e. The number of nitrogens with zero attached hydrogens (tertiary/aromatic N) is 3. The Morgan fingerprint density at radius 1 is 1.38 bits per heavy atom. The van der Waals surface area contributed by atoms with Crippen molar-refractivity contribution < 1.29 is 9.90 Å². The van der Waals surface area contributed by atoms with E-state index in [-0.39, 0.29) is 12.1 Å². The minimum absolute atomic E-state index is 0.275. The zero-order valence-electron chi connectivity index (χ0n) is 14.4. The van der Waals surface area contributed by atoms with E-state index in [2.05, 4.69) is 20.7 Å². The molecule has 3 N–H and O–H groups in total. The van der Waals surface area contributed by atoms with Crippen LogP contribution >= 0.6 is 0 Å². The number of rotatable bonds is 7. The molecular weight excluding hydrogens is 306 g/mol. The number of benzene rings is 1. The number of nitrogens with one attached hydrogen (secondary N) is 2. The van der Waals surface area contributed by atoms with Crippen molar-refractivity contribution in [2.45, 2.75) is 46.3 Å². The van der Waals surface area contributed by atoms with Gasteiger partial charge in [0.2, 0.25) is 0 Å². The molecule has 7 heteroatoms. The predicted octanol–water partition coefficient (Wildman–Crippen LogP) is 2.23. The Morgan fingerprint density at radius 2 is 2.17 bits per heavy atom. The van der Waals surface area contributed by atoms with Crippen LogP contribution in [-0.4, -0.2) is 38.6 Å². The number of urea groups is 1. The molecule has 2 rings (SSSR count). The lowest BCUT2D eigenvalue weighted by Gasteiger charge is -2.11. The SMILES string of the molecule is CCC(O)CCNC(=O)Nc1cccc(Cn2nc(C)nc2C)c1. The van der Waals surface area contributed by atoms with Crippen LogP contribution in [0.1, 0.15) is 37.0 Å². The van der Waals surface area contributed by atoms with Gasteiger partial charge in [0, 0.05) is 12.2 Å². The number of aryl methyl sites for hydroxylation is 2. The number of amides is 2. The van der Waals surface area contributed by atoms with E-state index in [4.69, 9.17) is 0 Å². The topological polar surface area (TPSA) is 92.1 Å². The molecule has 1 atom stereocenters. The fourth-order valence-electron chi connectivity index (χ4n) is 2.36. The number of aliphatic hydroxyl groups is 1. The van der Waals surface area contributed by atoms with E-state index < -0.39 is 0 Å². The summed E-state index contributed by atoms with van der Waals surface area (Å²) in [4.78, 5) is 16.2. The molecule has 2 aromatic rings. The molecule has 1 heterocycles. The minimum atomic E-state index is -0.372. The Labute approximate surface area is 142 Å². The highest BCUT2D eigenvalue weighted by atomic mass is 16.3. The molecule has 1 aromatic carbocycles. The van der Waals surface area contributed by atoms with Crippen LogP contribution in [0.15, 0.2) is 24.3 Å². The number of hydrogen-bond donors (Lipinski definition) is 3.